The second-order valence-corrected chi connectivity index (χ2v) is 7.20. The van der Waals surface area contributed by atoms with E-state index in [1.807, 2.05) is 0 Å². The molecule has 4 rings (SSSR count). The number of nitrogens with one attached hydrogen (secondary N) is 1. The molecule has 0 bridgehead atoms. The fourth-order valence-corrected chi connectivity index (χ4v) is 3.79. The molecule has 3 amide bonds. The van der Waals surface area contributed by atoms with E-state index >= 15 is 0 Å². The number of nitrogens with zero attached hydrogens (tertiary/aromatic N) is 2. The number of carbonyl (C=O) groups excluding carboxylic acids is 3. The molecule has 2 aliphatic heterocycles. The van der Waals surface area contributed by atoms with Crippen LogP contribution in [-0.4, -0.2) is 58.8 Å². The van der Waals surface area contributed by atoms with Crippen molar-refractivity contribution in [1.82, 2.24) is 9.80 Å². The molecule has 2 aromatic carbocycles. The van der Waals surface area contributed by atoms with Crippen LogP contribution in [0.1, 0.15) is 28.3 Å². The van der Waals surface area contributed by atoms with Crippen LogP contribution < -0.4 is 5.32 Å². The molecule has 7 nitrogen and oxygen atoms in total. The molecule has 0 aliphatic carbocycles. The minimum absolute atomic E-state index is 0.0180. The lowest BCUT2D eigenvalue weighted by Gasteiger charge is -2.37. The number of hydrogen-bond donors (Lipinski definition) is 2. The summed E-state index contributed by atoms with van der Waals surface area (Å²) in [6.45, 7) is 1.47. The first-order valence-corrected chi connectivity index (χ1v) is 9.39. The third-order valence-corrected chi connectivity index (χ3v) is 5.35. The number of benzene rings is 2. The number of hydrogen-bond acceptors (Lipinski definition) is 4. The summed E-state index contributed by atoms with van der Waals surface area (Å²) in [7, 11) is 0. The molecule has 1 atom stereocenters. The summed E-state index contributed by atoms with van der Waals surface area (Å²) in [5.74, 6) is -1.70. The minimum Gasteiger partial charge on any atom is -0.508 e. The van der Waals surface area contributed by atoms with Gasteiger partial charge in [-0.1, -0.05) is 6.07 Å². The van der Waals surface area contributed by atoms with Gasteiger partial charge in [0.15, 0.2) is 0 Å². The summed E-state index contributed by atoms with van der Waals surface area (Å²) >= 11 is 0. The fourth-order valence-electron chi connectivity index (χ4n) is 3.79. The highest BCUT2D eigenvalue weighted by atomic mass is 19.1. The van der Waals surface area contributed by atoms with Crippen molar-refractivity contribution in [3.8, 4) is 5.75 Å². The zero-order chi connectivity index (χ0) is 20.5. The van der Waals surface area contributed by atoms with E-state index in [-0.39, 0.29) is 29.9 Å². The molecule has 2 heterocycles. The molecule has 2 aromatic rings. The van der Waals surface area contributed by atoms with Gasteiger partial charge >= 0.3 is 0 Å². The number of amides is 3. The molecule has 0 aromatic heterocycles. The lowest BCUT2D eigenvalue weighted by atomic mass is 9.89. The molecule has 29 heavy (non-hydrogen) atoms. The summed E-state index contributed by atoms with van der Waals surface area (Å²) in [5.41, 5.74) is 1.42. The monoisotopic (exact) mass is 397 g/mol. The number of halogens is 1. The number of phenols is 1. The van der Waals surface area contributed by atoms with Crippen molar-refractivity contribution in [2.24, 2.45) is 0 Å². The smallest absolute Gasteiger partial charge is 0.253 e. The van der Waals surface area contributed by atoms with Gasteiger partial charge in [0, 0.05) is 43.9 Å². The summed E-state index contributed by atoms with van der Waals surface area (Å²) in [6, 6.07) is 10.1. The molecule has 1 unspecified atom stereocenters. The van der Waals surface area contributed by atoms with Crippen LogP contribution in [0, 0.1) is 5.82 Å². The molecule has 1 fully saturated rings. The fraction of sp³-hybridized carbons (Fsp3) is 0.286. The molecule has 150 valence electrons. The maximum atomic E-state index is 13.5. The Hall–Kier alpha value is -3.42. The Labute approximate surface area is 166 Å². The number of phenolic OH excluding ortho intramolecular Hbond substituents is 1. The second-order valence-electron chi connectivity index (χ2n) is 7.20. The number of aromatic hydroxyl groups is 1. The number of anilines is 1. The first-order chi connectivity index (χ1) is 13.9. The lowest BCUT2D eigenvalue weighted by molar-refractivity contribution is -0.136. The first-order valence-electron chi connectivity index (χ1n) is 9.39. The Balaban J connectivity index is 1.44. The molecule has 0 radical (unpaired) electrons. The van der Waals surface area contributed by atoms with E-state index in [1.165, 1.54) is 30.3 Å². The normalized spacial score (nSPS) is 18.8. The highest BCUT2D eigenvalue weighted by Crippen LogP contribution is 2.34. The van der Waals surface area contributed by atoms with Gasteiger partial charge in [-0.25, -0.2) is 4.39 Å². The van der Waals surface area contributed by atoms with Gasteiger partial charge in [-0.3, -0.25) is 14.4 Å². The third kappa shape index (κ3) is 3.78. The van der Waals surface area contributed by atoms with Crippen LogP contribution in [0.2, 0.25) is 0 Å². The largest absolute Gasteiger partial charge is 0.508 e. The van der Waals surface area contributed by atoms with Crippen LogP contribution in [0.25, 0.3) is 0 Å². The van der Waals surface area contributed by atoms with Crippen LogP contribution in [0.4, 0.5) is 10.1 Å². The Kier molecular flexibility index (Phi) is 4.92. The molecular formula is C21H20FN3O4. The molecule has 2 aliphatic rings. The van der Waals surface area contributed by atoms with E-state index in [9.17, 15) is 23.9 Å². The standard InChI is InChI=1S/C21H20FN3O4/c22-14-3-6-16-17(12-19(27)23-18(16)11-14)21(29)25-9-7-24(8-10-25)20(28)13-1-4-15(26)5-2-13/h1-6,11,17,26H,7-10,12H2,(H,23,27). The van der Waals surface area contributed by atoms with E-state index in [2.05, 4.69) is 5.32 Å². The average Bonchev–Trinajstić information content (AvgIpc) is 2.72. The molecule has 2 N–H and O–H groups in total. The maximum Gasteiger partial charge on any atom is 0.253 e. The van der Waals surface area contributed by atoms with Crippen molar-refractivity contribution in [3.63, 3.8) is 0 Å². The summed E-state index contributed by atoms with van der Waals surface area (Å²) in [6.07, 6.45) is 0.0180. The molecule has 8 heteroatoms. The van der Waals surface area contributed by atoms with Gasteiger partial charge < -0.3 is 20.2 Å². The highest BCUT2D eigenvalue weighted by molar-refractivity contribution is 6.01. The molecule has 0 spiro atoms. The summed E-state index contributed by atoms with van der Waals surface area (Å²) in [5, 5.41) is 12.0. The van der Waals surface area contributed by atoms with Crippen molar-refractivity contribution >= 4 is 23.4 Å². The zero-order valence-electron chi connectivity index (χ0n) is 15.6. The Morgan fingerprint density at radius 1 is 1.00 bits per heavy atom. The predicted octanol–water partition coefficient (Wildman–Crippen LogP) is 1.94. The lowest BCUT2D eigenvalue weighted by Crippen LogP contribution is -2.52. The van der Waals surface area contributed by atoms with E-state index in [0.29, 0.717) is 43.0 Å². The van der Waals surface area contributed by atoms with E-state index in [4.69, 9.17) is 0 Å². The average molecular weight is 397 g/mol. The predicted molar refractivity (Wildman–Crippen MR) is 103 cm³/mol. The van der Waals surface area contributed by atoms with Crippen molar-refractivity contribution in [1.29, 1.82) is 0 Å². The van der Waals surface area contributed by atoms with Gasteiger partial charge in [-0.05, 0) is 42.0 Å². The number of rotatable bonds is 2. The second kappa shape index (κ2) is 7.54. The molecule has 0 saturated carbocycles. The van der Waals surface area contributed by atoms with Crippen LogP contribution in [0.15, 0.2) is 42.5 Å². The van der Waals surface area contributed by atoms with Gasteiger partial charge in [-0.15, -0.1) is 0 Å². The zero-order valence-corrected chi connectivity index (χ0v) is 15.6. The Morgan fingerprint density at radius 3 is 2.34 bits per heavy atom. The third-order valence-electron chi connectivity index (χ3n) is 5.35. The van der Waals surface area contributed by atoms with Crippen LogP contribution in [-0.2, 0) is 9.59 Å². The van der Waals surface area contributed by atoms with Crippen LogP contribution in [0.5, 0.6) is 5.75 Å². The van der Waals surface area contributed by atoms with Gasteiger partial charge in [-0.2, -0.15) is 0 Å². The quantitative estimate of drug-likeness (QED) is 0.811. The molecular weight excluding hydrogens is 377 g/mol. The minimum atomic E-state index is -0.654. The summed E-state index contributed by atoms with van der Waals surface area (Å²) in [4.78, 5) is 40.9. The van der Waals surface area contributed by atoms with Crippen molar-refractivity contribution in [2.45, 2.75) is 12.3 Å². The van der Waals surface area contributed by atoms with Crippen LogP contribution >= 0.6 is 0 Å². The first kappa shape index (κ1) is 18.9. The maximum absolute atomic E-state index is 13.5. The van der Waals surface area contributed by atoms with Crippen LogP contribution in [0.3, 0.4) is 0 Å². The SMILES string of the molecule is O=C1CC(C(=O)N2CCN(C(=O)c3ccc(O)cc3)CC2)c2ccc(F)cc2N1. The number of carbonyl (C=O) groups is 3. The van der Waals surface area contributed by atoms with Crippen molar-refractivity contribution in [2.75, 3.05) is 31.5 Å². The van der Waals surface area contributed by atoms with E-state index in [0.717, 1.165) is 0 Å². The number of fused-ring (bicyclic) bond motifs is 1. The number of piperazine rings is 1. The Bertz CT molecular complexity index is 968. The molecule has 1 saturated heterocycles. The topological polar surface area (TPSA) is 90.0 Å². The Morgan fingerprint density at radius 2 is 1.66 bits per heavy atom. The highest BCUT2D eigenvalue weighted by Gasteiger charge is 2.35. The van der Waals surface area contributed by atoms with Gasteiger partial charge in [0.2, 0.25) is 11.8 Å². The van der Waals surface area contributed by atoms with Gasteiger partial charge in [0.1, 0.15) is 11.6 Å². The van der Waals surface area contributed by atoms with Gasteiger partial charge in [0.25, 0.3) is 5.91 Å². The van der Waals surface area contributed by atoms with E-state index in [1.54, 1.807) is 21.9 Å². The van der Waals surface area contributed by atoms with E-state index < -0.39 is 11.7 Å². The van der Waals surface area contributed by atoms with Gasteiger partial charge in [0.05, 0.1) is 5.92 Å². The summed E-state index contributed by atoms with van der Waals surface area (Å²) < 4.78 is 13.5. The van der Waals surface area contributed by atoms with Crippen molar-refractivity contribution < 1.29 is 23.9 Å². The van der Waals surface area contributed by atoms with Crippen molar-refractivity contribution in [3.05, 3.63) is 59.4 Å².